The van der Waals surface area contributed by atoms with Crippen LogP contribution < -0.4 is 19.5 Å². The van der Waals surface area contributed by atoms with Crippen molar-refractivity contribution in [2.24, 2.45) is 0 Å². The van der Waals surface area contributed by atoms with Crippen LogP contribution in [-0.4, -0.2) is 76.7 Å². The number of ether oxygens (including phenoxy) is 3. The van der Waals surface area contributed by atoms with Gasteiger partial charge in [-0.2, -0.15) is 4.31 Å². The Bertz CT molecular complexity index is 1040. The van der Waals surface area contributed by atoms with Crippen LogP contribution in [0, 0.1) is 0 Å². The minimum atomic E-state index is -3.53. The fourth-order valence-corrected chi connectivity index (χ4v) is 4.98. The number of carbonyl (C=O) groups is 1. The van der Waals surface area contributed by atoms with Crippen LogP contribution in [0.1, 0.15) is 10.4 Å². The number of hydrogen-bond acceptors (Lipinski definition) is 7. The summed E-state index contributed by atoms with van der Waals surface area (Å²) in [7, 11) is -1.98. The van der Waals surface area contributed by atoms with E-state index in [9.17, 15) is 13.2 Å². The van der Waals surface area contributed by atoms with E-state index in [0.717, 1.165) is 0 Å². The van der Waals surface area contributed by atoms with Gasteiger partial charge in [0.1, 0.15) is 5.75 Å². The van der Waals surface area contributed by atoms with Crippen molar-refractivity contribution in [1.29, 1.82) is 0 Å². The van der Waals surface area contributed by atoms with Gasteiger partial charge in [-0.25, -0.2) is 8.42 Å². The summed E-state index contributed by atoms with van der Waals surface area (Å²) in [5, 5.41) is 2.89. The van der Waals surface area contributed by atoms with E-state index in [4.69, 9.17) is 14.2 Å². The number of halogens is 1. The lowest BCUT2D eigenvalue weighted by Gasteiger charge is -2.34. The lowest BCUT2D eigenvalue weighted by molar-refractivity contribution is 0.0944. The summed E-state index contributed by atoms with van der Waals surface area (Å²) in [5.41, 5.74) is 0.514. The number of piperazine rings is 1. The van der Waals surface area contributed by atoms with Gasteiger partial charge in [-0.1, -0.05) is 0 Å². The molecule has 2 aliphatic rings. The van der Waals surface area contributed by atoms with Crippen LogP contribution in [0.15, 0.2) is 47.4 Å². The monoisotopic (exact) mass is 483 g/mol. The molecule has 174 valence electrons. The molecule has 0 aliphatic carbocycles. The molecule has 0 aromatic heterocycles. The van der Waals surface area contributed by atoms with Crippen LogP contribution in [0.4, 0.5) is 0 Å². The second kappa shape index (κ2) is 10.4. The third-order valence-electron chi connectivity index (χ3n) is 5.38. The summed E-state index contributed by atoms with van der Waals surface area (Å²) in [6.45, 7) is 3.31. The Morgan fingerprint density at radius 1 is 1.03 bits per heavy atom. The smallest absolute Gasteiger partial charge is 0.251 e. The summed E-state index contributed by atoms with van der Waals surface area (Å²) < 4.78 is 42.8. The maximum absolute atomic E-state index is 12.8. The van der Waals surface area contributed by atoms with E-state index in [2.05, 4.69) is 10.2 Å². The fraction of sp³-hybridized carbons (Fsp3) is 0.381. The average Bonchev–Trinajstić information content (AvgIpc) is 3.27. The predicted molar refractivity (Wildman–Crippen MR) is 120 cm³/mol. The van der Waals surface area contributed by atoms with Gasteiger partial charge in [-0.15, -0.1) is 12.4 Å². The van der Waals surface area contributed by atoms with E-state index < -0.39 is 10.0 Å². The zero-order chi connectivity index (χ0) is 21.8. The van der Waals surface area contributed by atoms with Crippen LogP contribution >= 0.6 is 12.4 Å². The van der Waals surface area contributed by atoms with E-state index in [1.807, 2.05) is 0 Å². The maximum atomic E-state index is 12.8. The summed E-state index contributed by atoms with van der Waals surface area (Å²) in [6, 6.07) is 11.5. The molecule has 11 heteroatoms. The van der Waals surface area contributed by atoms with Crippen molar-refractivity contribution in [3.8, 4) is 17.2 Å². The molecule has 0 atom stereocenters. The molecule has 1 fully saturated rings. The topological polar surface area (TPSA) is 97.4 Å². The van der Waals surface area contributed by atoms with Crippen molar-refractivity contribution in [2.45, 2.75) is 4.90 Å². The van der Waals surface area contributed by atoms with Crippen molar-refractivity contribution in [1.82, 2.24) is 14.5 Å². The molecule has 32 heavy (non-hydrogen) atoms. The minimum absolute atomic E-state index is 0. The van der Waals surface area contributed by atoms with Crippen molar-refractivity contribution >= 4 is 28.3 Å². The molecule has 1 N–H and O–H groups in total. The Labute approximate surface area is 193 Å². The number of hydrogen-bond donors (Lipinski definition) is 1. The van der Waals surface area contributed by atoms with Gasteiger partial charge in [0, 0.05) is 44.8 Å². The van der Waals surface area contributed by atoms with Crippen LogP contribution in [0.5, 0.6) is 17.2 Å². The Hall–Kier alpha value is -2.53. The molecule has 9 nitrogen and oxygen atoms in total. The fourth-order valence-electron chi connectivity index (χ4n) is 3.56. The summed E-state index contributed by atoms with van der Waals surface area (Å²) in [4.78, 5) is 14.8. The van der Waals surface area contributed by atoms with Crippen molar-refractivity contribution in [2.75, 3.05) is 53.2 Å². The third kappa shape index (κ3) is 5.26. The number of methoxy groups -OCH3 is 1. The zero-order valence-electron chi connectivity index (χ0n) is 17.7. The predicted octanol–water partition coefficient (Wildman–Crippen LogP) is 1.58. The average molecular weight is 484 g/mol. The molecule has 0 radical (unpaired) electrons. The first-order chi connectivity index (χ1) is 15.0. The molecule has 0 bridgehead atoms. The normalized spacial score (nSPS) is 16.3. The van der Waals surface area contributed by atoms with Gasteiger partial charge in [0.2, 0.25) is 16.8 Å². The van der Waals surface area contributed by atoms with Crippen LogP contribution in [0.2, 0.25) is 0 Å². The van der Waals surface area contributed by atoms with E-state index in [1.165, 1.54) is 4.31 Å². The number of fused-ring (bicyclic) bond motifs is 1. The number of nitrogens with zero attached hydrogens (tertiary/aromatic N) is 2. The number of benzene rings is 2. The SMILES string of the molecule is COc1ccc(S(=O)(=O)N2CCN(CCNC(=O)c3ccc4c(c3)OCO4)CC2)cc1.Cl. The van der Waals surface area contributed by atoms with Gasteiger partial charge in [-0.05, 0) is 42.5 Å². The third-order valence-corrected chi connectivity index (χ3v) is 7.29. The van der Waals surface area contributed by atoms with Gasteiger partial charge >= 0.3 is 0 Å². The highest BCUT2D eigenvalue weighted by molar-refractivity contribution is 7.89. The lowest BCUT2D eigenvalue weighted by Crippen LogP contribution is -2.50. The molecule has 2 aliphatic heterocycles. The summed E-state index contributed by atoms with van der Waals surface area (Å²) in [5.74, 6) is 1.64. The number of sulfonamides is 1. The minimum Gasteiger partial charge on any atom is -0.497 e. The molecule has 2 aromatic rings. The van der Waals surface area contributed by atoms with E-state index in [1.54, 1.807) is 49.6 Å². The molecular formula is C21H26ClN3O6S. The van der Waals surface area contributed by atoms with Crippen molar-refractivity contribution in [3.63, 3.8) is 0 Å². The quantitative estimate of drug-likeness (QED) is 0.638. The highest BCUT2D eigenvalue weighted by Crippen LogP contribution is 2.32. The van der Waals surface area contributed by atoms with Gasteiger partial charge in [0.15, 0.2) is 11.5 Å². The molecule has 0 spiro atoms. The Morgan fingerprint density at radius 2 is 1.72 bits per heavy atom. The first kappa shape index (κ1) is 24.1. The van der Waals surface area contributed by atoms with Gasteiger partial charge < -0.3 is 19.5 Å². The van der Waals surface area contributed by atoms with E-state index in [0.29, 0.717) is 62.1 Å². The molecule has 2 heterocycles. The molecule has 0 unspecified atom stereocenters. The number of nitrogens with one attached hydrogen (secondary N) is 1. The number of rotatable bonds is 7. The number of amides is 1. The highest BCUT2D eigenvalue weighted by atomic mass is 35.5. The molecule has 0 saturated carbocycles. The van der Waals surface area contributed by atoms with Gasteiger partial charge in [-0.3, -0.25) is 9.69 Å². The molecule has 2 aromatic carbocycles. The maximum Gasteiger partial charge on any atom is 0.251 e. The van der Waals surface area contributed by atoms with Gasteiger partial charge in [0.05, 0.1) is 12.0 Å². The summed E-state index contributed by atoms with van der Waals surface area (Å²) >= 11 is 0. The highest BCUT2D eigenvalue weighted by Gasteiger charge is 2.28. The lowest BCUT2D eigenvalue weighted by atomic mass is 10.2. The number of carbonyl (C=O) groups excluding carboxylic acids is 1. The van der Waals surface area contributed by atoms with Gasteiger partial charge in [0.25, 0.3) is 5.91 Å². The van der Waals surface area contributed by atoms with E-state index in [-0.39, 0.29) is 30.0 Å². The van der Waals surface area contributed by atoms with Crippen molar-refractivity contribution in [3.05, 3.63) is 48.0 Å². The van der Waals surface area contributed by atoms with Crippen molar-refractivity contribution < 1.29 is 27.4 Å². The standard InChI is InChI=1S/C21H25N3O6S.ClH/c1-28-17-3-5-18(6-4-17)31(26,27)24-12-10-23(11-13-24)9-8-22-21(25)16-2-7-19-20(14-16)30-15-29-19;/h2-7,14H,8-13,15H2,1H3,(H,22,25);1H. The van der Waals surface area contributed by atoms with Crippen LogP contribution in [0.3, 0.4) is 0 Å². The molecular weight excluding hydrogens is 458 g/mol. The summed E-state index contributed by atoms with van der Waals surface area (Å²) in [6.07, 6.45) is 0. The first-order valence-corrected chi connectivity index (χ1v) is 11.5. The Morgan fingerprint density at radius 3 is 2.41 bits per heavy atom. The zero-order valence-corrected chi connectivity index (χ0v) is 19.3. The Balaban J connectivity index is 0.00000289. The van der Waals surface area contributed by atoms with Crippen LogP contribution in [0.25, 0.3) is 0 Å². The largest absolute Gasteiger partial charge is 0.497 e. The molecule has 4 rings (SSSR count). The first-order valence-electron chi connectivity index (χ1n) is 10.0. The molecule has 1 saturated heterocycles. The Kier molecular flexibility index (Phi) is 7.83. The molecule has 1 amide bonds. The second-order valence-corrected chi connectivity index (χ2v) is 9.18. The van der Waals surface area contributed by atoms with Crippen LogP contribution in [-0.2, 0) is 10.0 Å². The van der Waals surface area contributed by atoms with E-state index >= 15 is 0 Å². The second-order valence-electron chi connectivity index (χ2n) is 7.25.